The van der Waals surface area contributed by atoms with Crippen LogP contribution < -0.4 is 10.6 Å². The normalized spacial score (nSPS) is 16.6. The monoisotopic (exact) mass is 278 g/mol. The Hall–Kier alpha value is -1.36. The lowest BCUT2D eigenvalue weighted by Crippen LogP contribution is -2.53. The van der Waals surface area contributed by atoms with Crippen molar-refractivity contribution in [2.75, 3.05) is 6.54 Å². The van der Waals surface area contributed by atoms with E-state index in [1.807, 2.05) is 31.6 Å². The minimum Gasteiger partial charge on any atom is -0.354 e. The van der Waals surface area contributed by atoms with Gasteiger partial charge in [-0.25, -0.2) is 0 Å². The van der Waals surface area contributed by atoms with Gasteiger partial charge in [-0.1, -0.05) is 12.8 Å². The summed E-state index contributed by atoms with van der Waals surface area (Å²) in [6, 6.07) is 1.96. The molecule has 0 unspecified atom stereocenters. The van der Waals surface area contributed by atoms with Crippen LogP contribution in [0.2, 0.25) is 0 Å². The van der Waals surface area contributed by atoms with Gasteiger partial charge in [-0.05, 0) is 38.7 Å². The van der Waals surface area contributed by atoms with E-state index in [4.69, 9.17) is 0 Å². The second kappa shape index (κ2) is 6.39. The van der Waals surface area contributed by atoms with E-state index in [9.17, 15) is 4.79 Å². The molecular weight excluding hydrogens is 252 g/mol. The van der Waals surface area contributed by atoms with Crippen LogP contribution in [0.1, 0.15) is 45.2 Å². The number of carbonyl (C=O) groups excluding carboxylic acids is 1. The van der Waals surface area contributed by atoms with E-state index in [1.165, 1.54) is 25.7 Å². The number of aryl methyl sites for hydroxylation is 1. The number of nitrogens with zero attached hydrogens (tertiary/aromatic N) is 2. The second-order valence-corrected chi connectivity index (χ2v) is 6.29. The molecule has 2 rings (SSSR count). The molecule has 1 aromatic heterocycles. The Morgan fingerprint density at radius 2 is 2.15 bits per heavy atom. The topological polar surface area (TPSA) is 59.0 Å². The summed E-state index contributed by atoms with van der Waals surface area (Å²) in [4.78, 5) is 12.3. The van der Waals surface area contributed by atoms with Gasteiger partial charge in [-0.15, -0.1) is 0 Å². The molecule has 5 nitrogen and oxygen atoms in total. The Bertz CT molecular complexity index is 446. The van der Waals surface area contributed by atoms with Crippen LogP contribution in [0, 0.1) is 5.92 Å². The summed E-state index contributed by atoms with van der Waals surface area (Å²) in [6.45, 7) is 5.30. The zero-order chi connectivity index (χ0) is 14.6. The summed E-state index contributed by atoms with van der Waals surface area (Å²) in [5.74, 6) is 0.749. The molecule has 1 fully saturated rings. The standard InChI is InChI=1S/C15H26N4O/c1-15(2,17-11-13-8-9-18-19(13)3)14(20)16-10-12-6-4-5-7-12/h8-9,12,17H,4-7,10-11H2,1-3H3,(H,16,20). The van der Waals surface area contributed by atoms with Gasteiger partial charge in [0.05, 0.1) is 11.2 Å². The highest BCUT2D eigenvalue weighted by Gasteiger charge is 2.27. The van der Waals surface area contributed by atoms with Crippen molar-refractivity contribution in [1.82, 2.24) is 20.4 Å². The van der Waals surface area contributed by atoms with E-state index >= 15 is 0 Å². The molecule has 0 spiro atoms. The Balaban J connectivity index is 1.79. The smallest absolute Gasteiger partial charge is 0.239 e. The van der Waals surface area contributed by atoms with Crippen LogP contribution in [0.3, 0.4) is 0 Å². The molecule has 0 saturated heterocycles. The largest absolute Gasteiger partial charge is 0.354 e. The second-order valence-electron chi connectivity index (χ2n) is 6.29. The fourth-order valence-electron chi connectivity index (χ4n) is 2.64. The van der Waals surface area contributed by atoms with Gasteiger partial charge in [-0.3, -0.25) is 14.8 Å². The third-order valence-corrected chi connectivity index (χ3v) is 4.23. The molecule has 1 aliphatic rings. The quantitative estimate of drug-likeness (QED) is 0.831. The Labute approximate surface area is 121 Å². The first kappa shape index (κ1) is 15.0. The van der Waals surface area contributed by atoms with Crippen molar-refractivity contribution in [3.63, 3.8) is 0 Å². The molecule has 0 aliphatic heterocycles. The first-order chi connectivity index (χ1) is 9.49. The molecule has 112 valence electrons. The summed E-state index contributed by atoms with van der Waals surface area (Å²) >= 11 is 0. The van der Waals surface area contributed by atoms with Crippen molar-refractivity contribution in [3.8, 4) is 0 Å². The minimum absolute atomic E-state index is 0.0755. The van der Waals surface area contributed by atoms with Crippen molar-refractivity contribution in [2.24, 2.45) is 13.0 Å². The fraction of sp³-hybridized carbons (Fsp3) is 0.733. The van der Waals surface area contributed by atoms with E-state index in [0.29, 0.717) is 12.5 Å². The van der Waals surface area contributed by atoms with E-state index < -0.39 is 5.54 Å². The van der Waals surface area contributed by atoms with Crippen molar-refractivity contribution in [3.05, 3.63) is 18.0 Å². The van der Waals surface area contributed by atoms with Crippen LogP contribution in [0.4, 0.5) is 0 Å². The Kier molecular flexibility index (Phi) is 4.81. The van der Waals surface area contributed by atoms with Gasteiger partial charge in [0.15, 0.2) is 0 Å². The molecule has 20 heavy (non-hydrogen) atoms. The van der Waals surface area contributed by atoms with Crippen molar-refractivity contribution in [2.45, 2.75) is 51.6 Å². The first-order valence-corrected chi connectivity index (χ1v) is 7.49. The van der Waals surface area contributed by atoms with Crippen LogP contribution in [0.5, 0.6) is 0 Å². The molecule has 1 saturated carbocycles. The maximum absolute atomic E-state index is 12.3. The van der Waals surface area contributed by atoms with Gasteiger partial charge < -0.3 is 5.32 Å². The first-order valence-electron chi connectivity index (χ1n) is 7.49. The molecule has 1 aliphatic carbocycles. The van der Waals surface area contributed by atoms with Crippen molar-refractivity contribution in [1.29, 1.82) is 0 Å². The molecule has 1 amide bonds. The lowest BCUT2D eigenvalue weighted by atomic mass is 10.0. The molecular formula is C15H26N4O. The fourth-order valence-corrected chi connectivity index (χ4v) is 2.64. The van der Waals surface area contributed by atoms with E-state index in [0.717, 1.165) is 12.2 Å². The van der Waals surface area contributed by atoms with E-state index in [-0.39, 0.29) is 5.91 Å². The molecule has 1 heterocycles. The van der Waals surface area contributed by atoms with Crippen LogP contribution in [-0.2, 0) is 18.4 Å². The third-order valence-electron chi connectivity index (χ3n) is 4.23. The highest BCUT2D eigenvalue weighted by molar-refractivity contribution is 5.85. The van der Waals surface area contributed by atoms with Gasteiger partial charge >= 0.3 is 0 Å². The summed E-state index contributed by atoms with van der Waals surface area (Å²) in [6.07, 6.45) is 6.89. The predicted octanol–water partition coefficient (Wildman–Crippen LogP) is 1.59. The van der Waals surface area contributed by atoms with Gasteiger partial charge in [0, 0.05) is 26.3 Å². The van der Waals surface area contributed by atoms with Crippen LogP contribution in [-0.4, -0.2) is 27.8 Å². The summed E-state index contributed by atoms with van der Waals surface area (Å²) in [5, 5.41) is 10.5. The van der Waals surface area contributed by atoms with Gasteiger partial charge in [0.1, 0.15) is 0 Å². The number of aromatic nitrogens is 2. The van der Waals surface area contributed by atoms with E-state index in [1.54, 1.807) is 6.20 Å². The molecule has 0 bridgehead atoms. The average Bonchev–Trinajstić information content (AvgIpc) is 3.05. The maximum atomic E-state index is 12.3. The summed E-state index contributed by atoms with van der Waals surface area (Å²) < 4.78 is 1.82. The third kappa shape index (κ3) is 3.82. The van der Waals surface area contributed by atoms with E-state index in [2.05, 4.69) is 15.7 Å². The number of hydrogen-bond acceptors (Lipinski definition) is 3. The number of carbonyl (C=O) groups is 1. The molecule has 0 radical (unpaired) electrons. The Morgan fingerprint density at radius 1 is 1.45 bits per heavy atom. The van der Waals surface area contributed by atoms with Crippen LogP contribution in [0.25, 0.3) is 0 Å². The van der Waals surface area contributed by atoms with Gasteiger partial charge in [-0.2, -0.15) is 5.10 Å². The maximum Gasteiger partial charge on any atom is 0.239 e. The van der Waals surface area contributed by atoms with Crippen molar-refractivity contribution < 1.29 is 4.79 Å². The summed E-state index contributed by atoms with van der Waals surface area (Å²) in [7, 11) is 1.91. The van der Waals surface area contributed by atoms with Crippen LogP contribution in [0.15, 0.2) is 12.3 Å². The lowest BCUT2D eigenvalue weighted by molar-refractivity contribution is -0.126. The average molecular weight is 278 g/mol. The molecule has 0 aromatic carbocycles. The summed E-state index contributed by atoms with van der Waals surface area (Å²) in [5.41, 5.74) is 0.504. The lowest BCUT2D eigenvalue weighted by Gasteiger charge is -2.26. The SMILES string of the molecule is Cn1nccc1CNC(C)(C)C(=O)NCC1CCCC1. The Morgan fingerprint density at radius 3 is 2.75 bits per heavy atom. The number of hydrogen-bond donors (Lipinski definition) is 2. The van der Waals surface area contributed by atoms with Gasteiger partial charge in [0.2, 0.25) is 5.91 Å². The predicted molar refractivity (Wildman–Crippen MR) is 79.1 cm³/mol. The highest BCUT2D eigenvalue weighted by Crippen LogP contribution is 2.23. The zero-order valence-electron chi connectivity index (χ0n) is 12.8. The molecule has 0 atom stereocenters. The van der Waals surface area contributed by atoms with Gasteiger partial charge in [0.25, 0.3) is 0 Å². The number of rotatable bonds is 6. The zero-order valence-corrected chi connectivity index (χ0v) is 12.8. The molecule has 2 N–H and O–H groups in total. The highest BCUT2D eigenvalue weighted by atomic mass is 16.2. The van der Waals surface area contributed by atoms with Crippen LogP contribution >= 0.6 is 0 Å². The van der Waals surface area contributed by atoms with Crippen molar-refractivity contribution >= 4 is 5.91 Å². The number of amides is 1. The molecule has 1 aromatic rings. The molecule has 5 heteroatoms. The minimum atomic E-state index is -0.567. The number of nitrogens with one attached hydrogen (secondary N) is 2.